The number of amides is 1. The van der Waals surface area contributed by atoms with E-state index >= 15 is 0 Å². The van der Waals surface area contributed by atoms with Crippen molar-refractivity contribution in [2.24, 2.45) is 5.92 Å². The van der Waals surface area contributed by atoms with E-state index in [0.717, 1.165) is 31.6 Å². The van der Waals surface area contributed by atoms with Crippen LogP contribution in [0.15, 0.2) is 34.2 Å². The summed E-state index contributed by atoms with van der Waals surface area (Å²) < 4.78 is 1.57. The van der Waals surface area contributed by atoms with E-state index in [-0.39, 0.29) is 29.9 Å². The minimum absolute atomic E-state index is 0.00393. The molecule has 7 heteroatoms. The number of hydrogen-bond donors (Lipinski definition) is 2. The van der Waals surface area contributed by atoms with E-state index in [2.05, 4.69) is 17.2 Å². The van der Waals surface area contributed by atoms with Crippen LogP contribution in [0, 0.1) is 5.92 Å². The first-order chi connectivity index (χ1) is 13.1. The highest BCUT2D eigenvalue weighted by Crippen LogP contribution is 2.24. The zero-order chi connectivity index (χ0) is 19.2. The smallest absolute Gasteiger partial charge is 0.262 e. The molecule has 1 amide bonds. The number of benzene rings is 1. The summed E-state index contributed by atoms with van der Waals surface area (Å²) in [4.78, 5) is 29.7. The SMILES string of the molecule is CC1CCC(NC(=O)CSc2nc3ccccc3c(=O)n2CCCO)CC1. The van der Waals surface area contributed by atoms with Crippen LogP contribution in [0.3, 0.4) is 0 Å². The van der Waals surface area contributed by atoms with Gasteiger partial charge in [0.15, 0.2) is 5.16 Å². The zero-order valence-corrected chi connectivity index (χ0v) is 16.5. The molecule has 1 aromatic heterocycles. The minimum Gasteiger partial charge on any atom is -0.396 e. The van der Waals surface area contributed by atoms with Crippen LogP contribution in [0.1, 0.15) is 39.0 Å². The molecule has 0 saturated heterocycles. The molecule has 1 aliphatic rings. The summed E-state index contributed by atoms with van der Waals surface area (Å²) in [6, 6.07) is 7.48. The normalized spacial score (nSPS) is 19.9. The van der Waals surface area contributed by atoms with E-state index in [1.807, 2.05) is 12.1 Å². The van der Waals surface area contributed by atoms with Gasteiger partial charge >= 0.3 is 0 Å². The van der Waals surface area contributed by atoms with Crippen LogP contribution in [0.2, 0.25) is 0 Å². The Bertz CT molecular complexity index is 844. The standard InChI is InChI=1S/C20H27N3O3S/c1-14-7-9-15(10-8-14)21-18(25)13-27-20-22-17-6-3-2-5-16(17)19(26)23(20)11-4-12-24/h2-3,5-6,14-15,24H,4,7-13H2,1H3,(H,21,25). The fourth-order valence-corrected chi connectivity index (χ4v) is 4.32. The highest BCUT2D eigenvalue weighted by atomic mass is 32.2. The average molecular weight is 390 g/mol. The van der Waals surface area contributed by atoms with Crippen LogP contribution in [0.25, 0.3) is 10.9 Å². The monoisotopic (exact) mass is 389 g/mol. The lowest BCUT2D eigenvalue weighted by molar-refractivity contribution is -0.119. The molecule has 0 bridgehead atoms. The number of nitrogens with zero attached hydrogens (tertiary/aromatic N) is 2. The van der Waals surface area contributed by atoms with Crippen LogP contribution in [-0.2, 0) is 11.3 Å². The van der Waals surface area contributed by atoms with Gasteiger partial charge in [0.05, 0.1) is 16.7 Å². The Labute approximate surface area is 163 Å². The summed E-state index contributed by atoms with van der Waals surface area (Å²) in [7, 11) is 0. The molecule has 27 heavy (non-hydrogen) atoms. The van der Waals surface area contributed by atoms with Gasteiger partial charge in [0.25, 0.3) is 5.56 Å². The summed E-state index contributed by atoms with van der Waals surface area (Å²) in [6.45, 7) is 2.65. The summed E-state index contributed by atoms with van der Waals surface area (Å²) in [5.74, 6) is 0.960. The van der Waals surface area contributed by atoms with E-state index in [0.29, 0.717) is 29.0 Å². The molecule has 0 aliphatic heterocycles. The van der Waals surface area contributed by atoms with Crippen molar-refractivity contribution in [2.75, 3.05) is 12.4 Å². The maximum Gasteiger partial charge on any atom is 0.262 e. The molecule has 1 aromatic carbocycles. The molecule has 2 aromatic rings. The van der Waals surface area contributed by atoms with Crippen LogP contribution >= 0.6 is 11.8 Å². The number of nitrogens with one attached hydrogen (secondary N) is 1. The van der Waals surface area contributed by atoms with Crippen molar-refractivity contribution < 1.29 is 9.90 Å². The number of carbonyl (C=O) groups is 1. The number of thioether (sulfide) groups is 1. The third-order valence-electron chi connectivity index (χ3n) is 5.08. The Kier molecular flexibility index (Phi) is 6.90. The third-order valence-corrected chi connectivity index (χ3v) is 6.06. The second-order valence-corrected chi connectivity index (χ2v) is 8.20. The number of rotatable bonds is 7. The number of hydrogen-bond acceptors (Lipinski definition) is 5. The first-order valence-electron chi connectivity index (χ1n) is 9.61. The van der Waals surface area contributed by atoms with Gasteiger partial charge in [-0.25, -0.2) is 4.98 Å². The average Bonchev–Trinajstić information content (AvgIpc) is 2.68. The number of carbonyl (C=O) groups excluding carboxylic acids is 1. The van der Waals surface area contributed by atoms with Crippen molar-refractivity contribution >= 4 is 28.6 Å². The molecule has 1 fully saturated rings. The van der Waals surface area contributed by atoms with Crippen molar-refractivity contribution in [3.8, 4) is 0 Å². The lowest BCUT2D eigenvalue weighted by atomic mass is 9.87. The molecule has 2 N–H and O–H groups in total. The first-order valence-corrected chi connectivity index (χ1v) is 10.6. The topological polar surface area (TPSA) is 84.2 Å². The molecule has 0 atom stereocenters. The van der Waals surface area contributed by atoms with Crippen LogP contribution < -0.4 is 10.9 Å². The second kappa shape index (κ2) is 9.37. The Morgan fingerprint density at radius 3 is 2.78 bits per heavy atom. The van der Waals surface area contributed by atoms with Crippen molar-refractivity contribution in [3.63, 3.8) is 0 Å². The predicted octanol–water partition coefficient (Wildman–Crippen LogP) is 2.57. The summed E-state index contributed by atoms with van der Waals surface area (Å²) in [5.41, 5.74) is 0.505. The van der Waals surface area contributed by atoms with E-state index in [1.165, 1.54) is 11.8 Å². The van der Waals surface area contributed by atoms with Crippen molar-refractivity contribution in [1.29, 1.82) is 0 Å². The molecule has 1 heterocycles. The van der Waals surface area contributed by atoms with Gasteiger partial charge in [-0.2, -0.15) is 0 Å². The van der Waals surface area contributed by atoms with E-state index in [1.54, 1.807) is 16.7 Å². The van der Waals surface area contributed by atoms with Gasteiger partial charge in [0.2, 0.25) is 5.91 Å². The maximum absolute atomic E-state index is 12.8. The Morgan fingerprint density at radius 2 is 2.04 bits per heavy atom. The molecule has 3 rings (SSSR count). The van der Waals surface area contributed by atoms with E-state index < -0.39 is 0 Å². The lowest BCUT2D eigenvalue weighted by Gasteiger charge is -2.26. The fraction of sp³-hybridized carbons (Fsp3) is 0.550. The Morgan fingerprint density at radius 1 is 1.30 bits per heavy atom. The van der Waals surface area contributed by atoms with Crippen molar-refractivity contribution in [3.05, 3.63) is 34.6 Å². The van der Waals surface area contributed by atoms with Gasteiger partial charge in [-0.05, 0) is 50.2 Å². The zero-order valence-electron chi connectivity index (χ0n) is 15.7. The molecular formula is C20H27N3O3S. The molecular weight excluding hydrogens is 362 g/mol. The number of fused-ring (bicyclic) bond motifs is 1. The van der Waals surface area contributed by atoms with Gasteiger partial charge < -0.3 is 10.4 Å². The number of para-hydroxylation sites is 1. The maximum atomic E-state index is 12.8. The lowest BCUT2D eigenvalue weighted by Crippen LogP contribution is -2.38. The summed E-state index contributed by atoms with van der Waals surface area (Å²) in [6.07, 6.45) is 4.86. The number of aromatic nitrogens is 2. The third kappa shape index (κ3) is 5.11. The van der Waals surface area contributed by atoms with E-state index in [9.17, 15) is 9.59 Å². The van der Waals surface area contributed by atoms with Crippen molar-refractivity contribution in [2.45, 2.75) is 56.8 Å². The molecule has 1 saturated carbocycles. The highest BCUT2D eigenvalue weighted by molar-refractivity contribution is 7.99. The molecule has 6 nitrogen and oxygen atoms in total. The predicted molar refractivity (Wildman–Crippen MR) is 108 cm³/mol. The van der Waals surface area contributed by atoms with Crippen LogP contribution in [-0.4, -0.2) is 39.0 Å². The Hall–Kier alpha value is -1.86. The quantitative estimate of drug-likeness (QED) is 0.562. The van der Waals surface area contributed by atoms with E-state index in [4.69, 9.17) is 5.11 Å². The Balaban J connectivity index is 1.71. The first kappa shape index (κ1) is 19.9. The number of aliphatic hydroxyl groups excluding tert-OH is 1. The summed E-state index contributed by atoms with van der Waals surface area (Å²) >= 11 is 1.28. The molecule has 1 aliphatic carbocycles. The van der Waals surface area contributed by atoms with Crippen LogP contribution in [0.4, 0.5) is 0 Å². The fourth-order valence-electron chi connectivity index (χ4n) is 3.49. The van der Waals surface area contributed by atoms with Gasteiger partial charge in [0, 0.05) is 19.2 Å². The van der Waals surface area contributed by atoms with Crippen molar-refractivity contribution in [1.82, 2.24) is 14.9 Å². The van der Waals surface area contributed by atoms with Gasteiger partial charge in [-0.15, -0.1) is 0 Å². The van der Waals surface area contributed by atoms with Gasteiger partial charge in [-0.1, -0.05) is 30.8 Å². The summed E-state index contributed by atoms with van der Waals surface area (Å²) in [5, 5.41) is 13.3. The second-order valence-electron chi connectivity index (χ2n) is 7.26. The largest absolute Gasteiger partial charge is 0.396 e. The molecule has 146 valence electrons. The minimum atomic E-state index is -0.127. The molecule has 0 unspecified atom stereocenters. The highest BCUT2D eigenvalue weighted by Gasteiger charge is 2.20. The van der Waals surface area contributed by atoms with Gasteiger partial charge in [-0.3, -0.25) is 14.2 Å². The van der Waals surface area contributed by atoms with Crippen LogP contribution in [0.5, 0.6) is 0 Å². The number of aliphatic hydroxyl groups is 1. The van der Waals surface area contributed by atoms with Gasteiger partial charge in [0.1, 0.15) is 0 Å². The molecule has 0 radical (unpaired) electrons. The molecule has 0 spiro atoms.